The number of H-pyrrole nitrogens is 1. The Morgan fingerprint density at radius 2 is 1.97 bits per heavy atom. The topological polar surface area (TPSA) is 65.1 Å². The van der Waals surface area contributed by atoms with Crippen molar-refractivity contribution in [2.45, 2.75) is 46.5 Å². The van der Waals surface area contributed by atoms with E-state index in [1.165, 1.54) is 5.56 Å². The number of rotatable bonds is 4. The van der Waals surface area contributed by atoms with Gasteiger partial charge in [-0.2, -0.15) is 0 Å². The van der Waals surface area contributed by atoms with Crippen molar-refractivity contribution in [3.8, 4) is 11.3 Å². The quantitative estimate of drug-likeness (QED) is 0.630. The fraction of sp³-hybridized carbons (Fsp3) is 0.444. The van der Waals surface area contributed by atoms with Crippen LogP contribution in [0.25, 0.3) is 11.3 Å². The molecule has 0 spiro atoms. The van der Waals surface area contributed by atoms with Gasteiger partial charge < -0.3 is 14.8 Å². The van der Waals surface area contributed by atoms with E-state index in [0.29, 0.717) is 12.5 Å². The van der Waals surface area contributed by atoms with Crippen molar-refractivity contribution in [1.82, 2.24) is 15.0 Å². The summed E-state index contributed by atoms with van der Waals surface area (Å²) in [7, 11) is 0. The molecule has 0 radical (unpaired) electrons. The van der Waals surface area contributed by atoms with Crippen molar-refractivity contribution in [2.24, 2.45) is 11.8 Å². The number of anilines is 2. The average molecular weight is 444 g/mol. The van der Waals surface area contributed by atoms with Crippen LogP contribution in [0.5, 0.6) is 0 Å². The summed E-state index contributed by atoms with van der Waals surface area (Å²) in [5, 5.41) is 0. The van der Waals surface area contributed by atoms with Crippen LogP contribution in [0.2, 0.25) is 0 Å². The van der Waals surface area contributed by atoms with E-state index in [9.17, 15) is 4.79 Å². The van der Waals surface area contributed by atoms with E-state index < -0.39 is 0 Å². The Labute approximate surface area is 196 Å². The fourth-order valence-electron chi connectivity index (χ4n) is 5.12. The first-order chi connectivity index (χ1) is 16.0. The number of aryl methyl sites for hydroxylation is 1. The zero-order valence-corrected chi connectivity index (χ0v) is 19.8. The second-order valence-electron chi connectivity index (χ2n) is 9.82. The van der Waals surface area contributed by atoms with Crippen LogP contribution in [0.4, 0.5) is 11.5 Å². The summed E-state index contributed by atoms with van der Waals surface area (Å²) in [5.74, 6) is 2.88. The highest BCUT2D eigenvalue weighted by atomic mass is 16.2. The molecule has 2 aliphatic heterocycles. The smallest absolute Gasteiger partial charge is 0.230 e. The van der Waals surface area contributed by atoms with Crippen molar-refractivity contribution in [1.29, 1.82) is 0 Å². The normalized spacial score (nSPS) is 16.5. The van der Waals surface area contributed by atoms with E-state index in [4.69, 9.17) is 4.98 Å². The van der Waals surface area contributed by atoms with Gasteiger partial charge in [0, 0.05) is 55.8 Å². The molecule has 0 saturated carbocycles. The number of pyridine rings is 1. The number of nitrogens with one attached hydrogen (secondary N) is 1. The van der Waals surface area contributed by atoms with Gasteiger partial charge in [-0.1, -0.05) is 31.5 Å². The molecule has 0 bridgehead atoms. The average Bonchev–Trinajstić information content (AvgIpc) is 3.15. The number of hydrogen-bond acceptors (Lipinski definition) is 4. The second-order valence-corrected chi connectivity index (χ2v) is 9.82. The van der Waals surface area contributed by atoms with Crippen LogP contribution < -0.4 is 9.80 Å². The highest BCUT2D eigenvalue weighted by molar-refractivity contribution is 5.99. The predicted molar refractivity (Wildman–Crippen MR) is 133 cm³/mol. The second kappa shape index (κ2) is 9.00. The van der Waals surface area contributed by atoms with Gasteiger partial charge in [0.15, 0.2) is 0 Å². The largest absolute Gasteiger partial charge is 0.357 e. The third-order valence-electron chi connectivity index (χ3n) is 6.80. The van der Waals surface area contributed by atoms with Crippen LogP contribution in [0, 0.1) is 18.8 Å². The molecule has 1 aromatic carbocycles. The number of fused-ring (bicyclic) bond motifs is 3. The summed E-state index contributed by atoms with van der Waals surface area (Å²) < 4.78 is 0. The Kier molecular flexibility index (Phi) is 5.92. The van der Waals surface area contributed by atoms with E-state index in [1.54, 1.807) is 0 Å². The minimum Gasteiger partial charge on any atom is -0.357 e. The maximum absolute atomic E-state index is 13.7. The molecule has 6 nitrogen and oxygen atoms in total. The number of benzene rings is 1. The first-order valence-corrected chi connectivity index (χ1v) is 12.2. The molecule has 5 rings (SSSR count). The van der Waals surface area contributed by atoms with E-state index >= 15 is 0 Å². The third kappa shape index (κ3) is 4.39. The van der Waals surface area contributed by atoms with Gasteiger partial charge in [-0.15, -0.1) is 0 Å². The van der Waals surface area contributed by atoms with E-state index in [0.717, 1.165) is 73.1 Å². The number of aromatic amines is 1. The number of carbonyl (C=O) groups excluding carboxylic acids is 1. The van der Waals surface area contributed by atoms with Gasteiger partial charge in [-0.05, 0) is 49.9 Å². The molecule has 3 aromatic rings. The van der Waals surface area contributed by atoms with Gasteiger partial charge in [0.1, 0.15) is 11.6 Å². The van der Waals surface area contributed by atoms with Gasteiger partial charge in [0.2, 0.25) is 5.91 Å². The van der Waals surface area contributed by atoms with Gasteiger partial charge in [0.05, 0.1) is 11.4 Å². The number of amides is 1. The molecule has 6 heteroatoms. The Hall–Kier alpha value is -3.15. The van der Waals surface area contributed by atoms with E-state index in [-0.39, 0.29) is 11.8 Å². The summed E-state index contributed by atoms with van der Waals surface area (Å²) in [6.07, 6.45) is 5.28. The molecule has 0 atom stereocenters. The monoisotopic (exact) mass is 443 g/mol. The summed E-state index contributed by atoms with van der Waals surface area (Å²) in [5.41, 5.74) is 5.43. The molecular formula is C27H33N5O. The van der Waals surface area contributed by atoms with Crippen molar-refractivity contribution in [3.63, 3.8) is 0 Å². The minimum absolute atomic E-state index is 0.0417. The lowest BCUT2D eigenvalue weighted by atomic mass is 9.94. The fourth-order valence-corrected chi connectivity index (χ4v) is 5.12. The molecule has 2 aliphatic rings. The molecule has 0 aliphatic carbocycles. The lowest BCUT2D eigenvalue weighted by Crippen LogP contribution is -2.43. The number of imidazole rings is 1. The number of nitrogens with zero attached hydrogens (tertiary/aromatic N) is 4. The number of hydrogen-bond donors (Lipinski definition) is 1. The number of piperidine rings is 1. The Bertz CT molecular complexity index is 1130. The first-order valence-electron chi connectivity index (χ1n) is 12.2. The zero-order valence-electron chi connectivity index (χ0n) is 19.8. The third-order valence-corrected chi connectivity index (χ3v) is 6.80. The van der Waals surface area contributed by atoms with Crippen LogP contribution in [0.15, 0.2) is 42.6 Å². The molecule has 1 fully saturated rings. The molecule has 1 saturated heterocycles. The van der Waals surface area contributed by atoms with Crippen molar-refractivity contribution in [2.75, 3.05) is 29.4 Å². The van der Waals surface area contributed by atoms with Crippen LogP contribution in [-0.4, -0.2) is 40.5 Å². The summed E-state index contributed by atoms with van der Waals surface area (Å²) in [4.78, 5) is 31.1. The highest BCUT2D eigenvalue weighted by Crippen LogP contribution is 2.37. The number of carbonyl (C=O) groups is 1. The molecule has 1 N–H and O–H groups in total. The van der Waals surface area contributed by atoms with Crippen LogP contribution >= 0.6 is 0 Å². The highest BCUT2D eigenvalue weighted by Gasteiger charge is 2.33. The molecular weight excluding hydrogens is 410 g/mol. The Morgan fingerprint density at radius 1 is 1.15 bits per heavy atom. The van der Waals surface area contributed by atoms with Crippen molar-refractivity contribution < 1.29 is 4.79 Å². The van der Waals surface area contributed by atoms with Gasteiger partial charge >= 0.3 is 0 Å². The lowest BCUT2D eigenvalue weighted by Gasteiger charge is -2.35. The maximum atomic E-state index is 13.7. The van der Waals surface area contributed by atoms with Crippen LogP contribution in [0.3, 0.4) is 0 Å². The standard InChI is InChI=1S/C27H33N5O/c1-18(2)16-24-29-22-11-15-32(23-8-7-19(3)17-21(23)26(22)30-24)27(33)20-9-13-31(14-10-20)25-6-4-5-12-28-25/h4-8,12,17-18,20H,9-11,13-16H2,1-3H3,(H,29,30). The van der Waals surface area contributed by atoms with E-state index in [2.05, 4.69) is 53.8 Å². The summed E-state index contributed by atoms with van der Waals surface area (Å²) in [6, 6.07) is 12.4. The zero-order chi connectivity index (χ0) is 22.9. The SMILES string of the molecule is Cc1ccc2c(c1)-c1nc(CC(C)C)[nH]c1CCN2C(=O)C1CCN(c2ccccn2)CC1. The van der Waals surface area contributed by atoms with Crippen molar-refractivity contribution >= 4 is 17.4 Å². The molecule has 1 amide bonds. The molecule has 0 unspecified atom stereocenters. The molecule has 172 valence electrons. The molecule has 2 aromatic heterocycles. The molecule has 4 heterocycles. The molecule has 33 heavy (non-hydrogen) atoms. The summed E-state index contributed by atoms with van der Waals surface area (Å²) in [6.45, 7) is 8.94. The Morgan fingerprint density at radius 3 is 2.70 bits per heavy atom. The maximum Gasteiger partial charge on any atom is 0.230 e. The van der Waals surface area contributed by atoms with Crippen LogP contribution in [0.1, 0.15) is 43.8 Å². The minimum atomic E-state index is 0.0417. The van der Waals surface area contributed by atoms with Crippen molar-refractivity contribution in [3.05, 3.63) is 59.7 Å². The van der Waals surface area contributed by atoms with Gasteiger partial charge in [-0.3, -0.25) is 4.79 Å². The summed E-state index contributed by atoms with van der Waals surface area (Å²) >= 11 is 0. The predicted octanol–water partition coefficient (Wildman–Crippen LogP) is 4.78. The lowest BCUT2D eigenvalue weighted by molar-refractivity contribution is -0.123. The Balaban J connectivity index is 1.38. The van der Waals surface area contributed by atoms with E-state index in [1.807, 2.05) is 29.3 Å². The van der Waals surface area contributed by atoms with Gasteiger partial charge in [-0.25, -0.2) is 9.97 Å². The van der Waals surface area contributed by atoms with Gasteiger partial charge in [0.25, 0.3) is 0 Å². The van der Waals surface area contributed by atoms with Crippen LogP contribution in [-0.2, 0) is 17.6 Å². The first kappa shape index (κ1) is 21.7. The number of aromatic nitrogens is 3.